The molecule has 0 unspecified atom stereocenters. The van der Waals surface area contributed by atoms with Crippen LogP contribution in [0.25, 0.3) is 0 Å². The Balaban J connectivity index is 1.58. The molecule has 0 saturated heterocycles. The van der Waals surface area contributed by atoms with Crippen LogP contribution in [0.2, 0.25) is 0 Å². The first-order valence-corrected chi connectivity index (χ1v) is 15.2. The van der Waals surface area contributed by atoms with Crippen molar-refractivity contribution < 1.29 is 4.74 Å². The first kappa shape index (κ1) is 31.1. The van der Waals surface area contributed by atoms with E-state index >= 15 is 0 Å². The van der Waals surface area contributed by atoms with Crippen LogP contribution < -0.4 is 10.2 Å². The normalized spacial score (nSPS) is 11.4. The third-order valence-electron chi connectivity index (χ3n) is 7.19. The van der Waals surface area contributed by atoms with E-state index in [2.05, 4.69) is 28.9 Å². The molecule has 208 valence electrons. The van der Waals surface area contributed by atoms with Crippen LogP contribution in [0.4, 0.5) is 0 Å². The molecule has 0 spiro atoms. The van der Waals surface area contributed by atoms with E-state index in [-0.39, 0.29) is 5.43 Å². The number of H-pyrrole nitrogens is 1. The van der Waals surface area contributed by atoms with Gasteiger partial charge in [-0.1, -0.05) is 134 Å². The van der Waals surface area contributed by atoms with Crippen LogP contribution in [-0.4, -0.2) is 30.6 Å². The minimum absolute atomic E-state index is 0.0240. The topological polar surface area (TPSA) is 45.3 Å². The van der Waals surface area contributed by atoms with Gasteiger partial charge in [0.25, 0.3) is 0 Å². The Morgan fingerprint density at radius 3 is 1.76 bits per heavy atom. The van der Waals surface area contributed by atoms with E-state index in [0.29, 0.717) is 25.3 Å². The maximum atomic E-state index is 13.2. The maximum Gasteiger partial charge on any atom is 0.227 e. The molecule has 0 fully saturated rings. The molecule has 0 aliphatic carbocycles. The molecule has 1 aromatic heterocycles. The van der Waals surface area contributed by atoms with Crippen molar-refractivity contribution in [2.24, 2.45) is 0 Å². The molecule has 1 heterocycles. The molecule has 0 amide bonds. The number of pyridine rings is 1. The number of benzene rings is 1. The summed E-state index contributed by atoms with van der Waals surface area (Å²) in [6, 6.07) is 10.2. The fourth-order valence-electron chi connectivity index (χ4n) is 4.97. The molecule has 4 heteroatoms. The van der Waals surface area contributed by atoms with Gasteiger partial charge < -0.3 is 14.6 Å². The third-order valence-corrected chi connectivity index (χ3v) is 7.19. The minimum Gasteiger partial charge on any atom is -0.488 e. The van der Waals surface area contributed by atoms with Gasteiger partial charge in [0.15, 0.2) is 5.75 Å². The fraction of sp³-hybridized carbons (Fsp3) is 0.667. The van der Waals surface area contributed by atoms with Crippen LogP contribution in [-0.2, 0) is 13.0 Å². The summed E-state index contributed by atoms with van der Waals surface area (Å²) in [6.07, 6.45) is 24.0. The Hall–Kier alpha value is -2.07. The lowest BCUT2D eigenvalue weighted by Gasteiger charge is -2.15. The van der Waals surface area contributed by atoms with Gasteiger partial charge in [-0.3, -0.25) is 4.79 Å². The van der Waals surface area contributed by atoms with Gasteiger partial charge in [-0.25, -0.2) is 0 Å². The van der Waals surface area contributed by atoms with Crippen molar-refractivity contribution >= 4 is 0 Å². The maximum absolute atomic E-state index is 13.2. The second kappa shape index (κ2) is 20.0. The molecule has 0 aliphatic heterocycles. The van der Waals surface area contributed by atoms with Crippen LogP contribution in [0.1, 0.15) is 126 Å². The zero-order valence-corrected chi connectivity index (χ0v) is 24.2. The highest BCUT2D eigenvalue weighted by atomic mass is 16.5. The predicted octanol–water partition coefficient (Wildman–Crippen LogP) is 8.67. The summed E-state index contributed by atoms with van der Waals surface area (Å²) in [5, 5.41) is 0. The molecule has 0 bridgehead atoms. The quantitative estimate of drug-likeness (QED) is 0.161. The number of unbranched alkanes of at least 4 members (excludes halogenated alkanes) is 15. The lowest BCUT2D eigenvalue weighted by molar-refractivity contribution is 0.299. The summed E-state index contributed by atoms with van der Waals surface area (Å²) < 4.78 is 5.94. The van der Waals surface area contributed by atoms with Gasteiger partial charge in [0, 0.05) is 30.4 Å². The number of aromatic nitrogens is 1. The Labute approximate surface area is 227 Å². The van der Waals surface area contributed by atoms with E-state index in [9.17, 15) is 4.79 Å². The fourth-order valence-corrected chi connectivity index (χ4v) is 4.97. The van der Waals surface area contributed by atoms with Crippen molar-refractivity contribution in [1.82, 2.24) is 9.88 Å². The molecule has 0 atom stereocenters. The van der Waals surface area contributed by atoms with Crippen LogP contribution in [0, 0.1) is 0 Å². The average Bonchev–Trinajstić information content (AvgIpc) is 2.89. The summed E-state index contributed by atoms with van der Waals surface area (Å²) >= 11 is 0. The minimum atomic E-state index is 0.0240. The first-order chi connectivity index (χ1) is 18.1. The molecule has 1 aromatic carbocycles. The predicted molar refractivity (Wildman–Crippen MR) is 159 cm³/mol. The summed E-state index contributed by atoms with van der Waals surface area (Å²) in [5.74, 6) is 0.453. The summed E-state index contributed by atoms with van der Waals surface area (Å²) in [6.45, 7) is 3.60. The number of aromatic amines is 1. The van der Waals surface area contributed by atoms with E-state index in [0.717, 1.165) is 23.2 Å². The van der Waals surface area contributed by atoms with Gasteiger partial charge in [-0.15, -0.1) is 0 Å². The lowest BCUT2D eigenvalue weighted by Crippen LogP contribution is -2.21. The number of hydrogen-bond donors (Lipinski definition) is 1. The number of nitrogens with zero attached hydrogens (tertiary/aromatic N) is 1. The van der Waals surface area contributed by atoms with Crippen molar-refractivity contribution in [1.29, 1.82) is 0 Å². The second-order valence-corrected chi connectivity index (χ2v) is 11.0. The van der Waals surface area contributed by atoms with Gasteiger partial charge in [-0.2, -0.15) is 0 Å². The second-order valence-electron chi connectivity index (χ2n) is 11.0. The molecule has 4 nitrogen and oxygen atoms in total. The molecule has 2 rings (SSSR count). The largest absolute Gasteiger partial charge is 0.488 e. The van der Waals surface area contributed by atoms with Crippen LogP contribution >= 0.6 is 0 Å². The molecule has 37 heavy (non-hydrogen) atoms. The highest BCUT2D eigenvalue weighted by Crippen LogP contribution is 2.16. The van der Waals surface area contributed by atoms with Gasteiger partial charge in [0.2, 0.25) is 5.43 Å². The number of nitrogens with one attached hydrogen (secondary N) is 1. The highest BCUT2D eigenvalue weighted by Gasteiger charge is 2.14. The van der Waals surface area contributed by atoms with Crippen LogP contribution in [0.3, 0.4) is 0 Å². The lowest BCUT2D eigenvalue weighted by atomic mass is 10.0. The van der Waals surface area contributed by atoms with E-state index in [1.165, 1.54) is 96.3 Å². The van der Waals surface area contributed by atoms with Gasteiger partial charge in [-0.05, 0) is 26.1 Å². The summed E-state index contributed by atoms with van der Waals surface area (Å²) in [7, 11) is 4.04. The molecule has 0 aliphatic rings. The molecule has 2 aromatic rings. The van der Waals surface area contributed by atoms with E-state index in [1.807, 2.05) is 32.3 Å². The van der Waals surface area contributed by atoms with Crippen molar-refractivity contribution in [2.45, 2.75) is 123 Å². The smallest absolute Gasteiger partial charge is 0.227 e. The van der Waals surface area contributed by atoms with Crippen molar-refractivity contribution in [3.63, 3.8) is 0 Å². The monoisotopic (exact) mass is 510 g/mol. The van der Waals surface area contributed by atoms with Crippen molar-refractivity contribution in [3.8, 4) is 5.75 Å². The van der Waals surface area contributed by atoms with E-state index in [1.54, 1.807) is 6.20 Å². The summed E-state index contributed by atoms with van der Waals surface area (Å²) in [5.41, 5.74) is 2.94. The summed E-state index contributed by atoms with van der Waals surface area (Å²) in [4.78, 5) is 18.6. The SMILES string of the molecule is CCCCCCCCCCCCCCCCCCOc1c[nH]c(CN(C)C)c(Cc2ccccc2)c1=O. The number of hydrogen-bond acceptors (Lipinski definition) is 3. The zero-order valence-electron chi connectivity index (χ0n) is 24.2. The van der Waals surface area contributed by atoms with Crippen molar-refractivity contribution in [2.75, 3.05) is 20.7 Å². The highest BCUT2D eigenvalue weighted by molar-refractivity contribution is 5.34. The zero-order chi connectivity index (χ0) is 26.6. The number of ether oxygens (including phenoxy) is 1. The van der Waals surface area contributed by atoms with Crippen LogP contribution in [0.5, 0.6) is 5.75 Å². The molecular formula is C33H54N2O2. The Morgan fingerprint density at radius 1 is 0.730 bits per heavy atom. The third kappa shape index (κ3) is 13.9. The van der Waals surface area contributed by atoms with E-state index < -0.39 is 0 Å². The van der Waals surface area contributed by atoms with Crippen LogP contribution in [0.15, 0.2) is 41.3 Å². The van der Waals surface area contributed by atoms with E-state index in [4.69, 9.17) is 4.74 Å². The molecule has 0 saturated carbocycles. The van der Waals surface area contributed by atoms with Crippen molar-refractivity contribution in [3.05, 3.63) is 63.6 Å². The molecule has 0 radical (unpaired) electrons. The Bertz CT molecular complexity index is 876. The van der Waals surface area contributed by atoms with Gasteiger partial charge in [0.1, 0.15) is 0 Å². The van der Waals surface area contributed by atoms with Gasteiger partial charge in [0.05, 0.1) is 6.61 Å². The first-order valence-electron chi connectivity index (χ1n) is 15.2. The average molecular weight is 511 g/mol. The molecular weight excluding hydrogens is 456 g/mol. The Morgan fingerprint density at radius 2 is 1.24 bits per heavy atom. The number of rotatable bonds is 22. The standard InChI is InChI=1S/C33H54N2O2/c1-4-5-6-7-8-9-10-11-12-13-14-15-16-17-18-22-25-37-32-27-34-31(28-35(2)3)30(33(32)36)26-29-23-20-19-21-24-29/h19-21,23-24,27H,4-18,22,25-26,28H2,1-3H3,(H,34,36). The Kier molecular flexibility index (Phi) is 16.8. The van der Waals surface area contributed by atoms with Gasteiger partial charge >= 0.3 is 0 Å². The molecule has 1 N–H and O–H groups in total.